The van der Waals surface area contributed by atoms with E-state index in [1.165, 1.54) is 13.3 Å². The highest BCUT2D eigenvalue weighted by Crippen LogP contribution is 2.23. The molecule has 2 rings (SSSR count). The molecule has 1 amide bonds. The molecule has 0 unspecified atom stereocenters. The van der Waals surface area contributed by atoms with Crippen LogP contribution in [0.1, 0.15) is 5.56 Å². The normalized spacial score (nSPS) is 16.3. The number of amides is 1. The van der Waals surface area contributed by atoms with E-state index in [0.29, 0.717) is 0 Å². The predicted molar refractivity (Wildman–Crippen MR) is 90.3 cm³/mol. The summed E-state index contributed by atoms with van der Waals surface area (Å²) in [6, 6.07) is 7.51. The van der Waals surface area contributed by atoms with Gasteiger partial charge in [0.05, 0.1) is 27.7 Å². The first-order chi connectivity index (χ1) is 10.7. The summed E-state index contributed by atoms with van der Waals surface area (Å²) >= 11 is 2.16. The molecule has 1 aromatic rings. The summed E-state index contributed by atoms with van der Waals surface area (Å²) in [7, 11) is 4.55. The van der Waals surface area contributed by atoms with Crippen LogP contribution in [0.25, 0.3) is 0 Å². The lowest BCUT2D eigenvalue weighted by atomic mass is 10.1. The Morgan fingerprint density at radius 3 is 2.70 bits per heavy atom. The van der Waals surface area contributed by atoms with Crippen LogP contribution in [-0.2, 0) is 16.2 Å². The number of hydroxylamine groups is 2. The minimum atomic E-state index is -2.82. The Morgan fingerprint density at radius 1 is 1.43 bits per heavy atom. The summed E-state index contributed by atoms with van der Waals surface area (Å²) in [4.78, 5) is 17.7. The molecule has 1 aliphatic heterocycles. The lowest BCUT2D eigenvalue weighted by Crippen LogP contribution is -2.34. The van der Waals surface area contributed by atoms with Gasteiger partial charge in [0.15, 0.2) is 5.71 Å². The van der Waals surface area contributed by atoms with E-state index >= 15 is 0 Å². The first-order valence-corrected chi connectivity index (χ1v) is 7.87. The third kappa shape index (κ3) is 4.33. The van der Waals surface area contributed by atoms with Gasteiger partial charge in [-0.05, 0) is 40.3 Å². The maximum atomic E-state index is 13.1. The van der Waals surface area contributed by atoms with Gasteiger partial charge in [-0.15, -0.1) is 0 Å². The number of benzene rings is 1. The molecule has 1 aliphatic rings. The average Bonchev–Trinajstić information content (AvgIpc) is 2.80. The van der Waals surface area contributed by atoms with E-state index in [-0.39, 0.29) is 16.7 Å². The summed E-state index contributed by atoms with van der Waals surface area (Å²) in [5.74, 6) is -0.630. The van der Waals surface area contributed by atoms with Crippen LogP contribution >= 0.6 is 22.6 Å². The van der Waals surface area contributed by atoms with E-state index in [1.807, 2.05) is 24.3 Å². The summed E-state index contributed by atoms with van der Waals surface area (Å²) in [5.41, 5.74) is 0.206. The standard InChI is InChI=1S/C15H17F2IN3O2/c1-21(2)9-12(13(19-21)14(16)17)15(22)20(23-3)8-10-5-4-6-11(18)7-10/h4-7,9,14H,8H2,1-3H3/q+1. The van der Waals surface area contributed by atoms with E-state index in [9.17, 15) is 13.6 Å². The number of rotatable bonds is 5. The highest BCUT2D eigenvalue weighted by atomic mass is 127. The van der Waals surface area contributed by atoms with Crippen molar-refractivity contribution in [2.24, 2.45) is 5.10 Å². The van der Waals surface area contributed by atoms with Crippen molar-refractivity contribution < 1.29 is 23.0 Å². The van der Waals surface area contributed by atoms with Gasteiger partial charge in [0.1, 0.15) is 11.8 Å². The van der Waals surface area contributed by atoms with Gasteiger partial charge in [-0.25, -0.2) is 13.8 Å². The Balaban J connectivity index is 2.25. The maximum Gasteiger partial charge on any atom is 0.286 e. The van der Waals surface area contributed by atoms with Crippen LogP contribution in [0.4, 0.5) is 8.78 Å². The lowest BCUT2D eigenvalue weighted by molar-refractivity contribution is -0.843. The molecular formula is C15H17F2IN3O2+. The molecule has 0 spiro atoms. The van der Waals surface area contributed by atoms with Crippen molar-refractivity contribution in [3.63, 3.8) is 0 Å². The molecule has 0 saturated carbocycles. The zero-order valence-electron chi connectivity index (χ0n) is 13.0. The second-order valence-electron chi connectivity index (χ2n) is 5.46. The minimum absolute atomic E-state index is 0.127. The molecule has 0 atom stereocenters. The van der Waals surface area contributed by atoms with Crippen molar-refractivity contribution in [1.29, 1.82) is 0 Å². The van der Waals surface area contributed by atoms with Crippen molar-refractivity contribution in [3.05, 3.63) is 45.2 Å². The smallest absolute Gasteiger partial charge is 0.274 e. The van der Waals surface area contributed by atoms with Crippen molar-refractivity contribution in [3.8, 4) is 0 Å². The molecule has 0 aliphatic carbocycles. The maximum absolute atomic E-state index is 13.1. The highest BCUT2D eigenvalue weighted by Gasteiger charge is 2.38. The Kier molecular flexibility index (Phi) is 5.48. The van der Waals surface area contributed by atoms with Crippen LogP contribution in [-0.4, -0.2) is 48.9 Å². The van der Waals surface area contributed by atoms with Crippen LogP contribution in [0.15, 0.2) is 41.1 Å². The van der Waals surface area contributed by atoms with Crippen molar-refractivity contribution in [1.82, 2.24) is 5.06 Å². The van der Waals surface area contributed by atoms with Crippen LogP contribution in [0.3, 0.4) is 0 Å². The zero-order chi connectivity index (χ0) is 17.2. The van der Waals surface area contributed by atoms with Gasteiger partial charge in [0.25, 0.3) is 12.3 Å². The molecule has 1 aromatic carbocycles. The number of quaternary nitrogens is 1. The van der Waals surface area contributed by atoms with Crippen molar-refractivity contribution in [2.45, 2.75) is 13.0 Å². The largest absolute Gasteiger partial charge is 0.286 e. The number of alkyl halides is 2. The highest BCUT2D eigenvalue weighted by molar-refractivity contribution is 14.1. The van der Waals surface area contributed by atoms with E-state index in [0.717, 1.165) is 14.2 Å². The number of carbonyl (C=O) groups is 1. The topological polar surface area (TPSA) is 41.9 Å². The number of nitrogens with zero attached hydrogens (tertiary/aromatic N) is 3. The molecule has 0 fully saturated rings. The number of halogens is 3. The summed E-state index contributed by atoms with van der Waals surface area (Å²) in [6.07, 6.45) is -1.42. The lowest BCUT2D eigenvalue weighted by Gasteiger charge is -2.20. The number of hydrogen-bond acceptors (Lipinski definition) is 3. The first-order valence-electron chi connectivity index (χ1n) is 6.79. The van der Waals surface area contributed by atoms with Crippen molar-refractivity contribution >= 4 is 34.2 Å². The van der Waals surface area contributed by atoms with Gasteiger partial charge in [0, 0.05) is 3.57 Å². The van der Waals surface area contributed by atoms with E-state index in [2.05, 4.69) is 27.7 Å². The van der Waals surface area contributed by atoms with E-state index < -0.39 is 18.0 Å². The van der Waals surface area contributed by atoms with E-state index in [4.69, 9.17) is 4.84 Å². The molecule has 0 bridgehead atoms. The Labute approximate surface area is 146 Å². The molecule has 8 heteroatoms. The minimum Gasteiger partial charge on any atom is -0.274 e. The summed E-state index contributed by atoms with van der Waals surface area (Å²) in [5, 5.41) is 4.92. The Hall–Kier alpha value is -1.39. The molecule has 5 nitrogen and oxygen atoms in total. The summed E-state index contributed by atoms with van der Waals surface area (Å²) < 4.78 is 27.2. The van der Waals surface area contributed by atoms with E-state index in [1.54, 1.807) is 14.1 Å². The SMILES string of the molecule is CON(Cc1cccc(I)c1)C(=O)C1=C[N+](C)(C)N=C1C(F)F. The van der Waals surface area contributed by atoms with Gasteiger partial charge in [-0.2, -0.15) is 4.59 Å². The molecule has 0 radical (unpaired) electrons. The fraction of sp³-hybridized carbons (Fsp3) is 0.333. The fourth-order valence-electron chi connectivity index (χ4n) is 2.22. The van der Waals surface area contributed by atoms with Gasteiger partial charge in [-0.3, -0.25) is 9.63 Å². The second-order valence-corrected chi connectivity index (χ2v) is 6.71. The molecule has 0 N–H and O–H groups in total. The third-order valence-corrected chi connectivity index (χ3v) is 3.86. The quantitative estimate of drug-likeness (QED) is 0.405. The third-order valence-electron chi connectivity index (χ3n) is 3.19. The predicted octanol–water partition coefficient (Wildman–Crippen LogP) is 2.78. The van der Waals surface area contributed by atoms with Gasteiger partial charge in [0.2, 0.25) is 0 Å². The molecule has 0 saturated heterocycles. The summed E-state index contributed by atoms with van der Waals surface area (Å²) in [6.45, 7) is 0.160. The van der Waals surface area contributed by atoms with Crippen LogP contribution < -0.4 is 0 Å². The van der Waals surface area contributed by atoms with Crippen LogP contribution in [0, 0.1) is 3.57 Å². The first kappa shape index (κ1) is 18.0. The fourth-order valence-corrected chi connectivity index (χ4v) is 2.83. The van der Waals surface area contributed by atoms with Gasteiger partial charge in [-0.1, -0.05) is 17.2 Å². The number of hydrogen-bond donors (Lipinski definition) is 0. The van der Waals surface area contributed by atoms with Gasteiger partial charge < -0.3 is 0 Å². The Morgan fingerprint density at radius 2 is 2.13 bits per heavy atom. The number of carbonyl (C=O) groups excluding carboxylic acids is 1. The molecule has 0 aromatic heterocycles. The molecule has 124 valence electrons. The van der Waals surface area contributed by atoms with Crippen molar-refractivity contribution in [2.75, 3.05) is 21.2 Å². The Bertz CT molecular complexity index is 674. The molecular weight excluding hydrogens is 419 g/mol. The van der Waals surface area contributed by atoms with Crippen LogP contribution in [0.5, 0.6) is 0 Å². The van der Waals surface area contributed by atoms with Crippen LogP contribution in [0.2, 0.25) is 0 Å². The average molecular weight is 436 g/mol. The van der Waals surface area contributed by atoms with Gasteiger partial charge >= 0.3 is 0 Å². The second kappa shape index (κ2) is 7.02. The monoisotopic (exact) mass is 436 g/mol. The molecule has 23 heavy (non-hydrogen) atoms. The molecule has 1 heterocycles. The zero-order valence-corrected chi connectivity index (χ0v) is 15.1.